The lowest BCUT2D eigenvalue weighted by molar-refractivity contribution is -0.139. The third-order valence-electron chi connectivity index (χ3n) is 2.47. The molecule has 3 N–H and O–H groups in total. The smallest absolute Gasteiger partial charge is 0.326 e. The van der Waals surface area contributed by atoms with Gasteiger partial charge in [0.25, 0.3) is 0 Å². The predicted molar refractivity (Wildman–Crippen MR) is 73.4 cm³/mol. The molecular formula is C12H19N3O3S. The van der Waals surface area contributed by atoms with E-state index in [0.717, 1.165) is 10.7 Å². The van der Waals surface area contributed by atoms with E-state index in [1.807, 2.05) is 19.2 Å². The Kier molecular flexibility index (Phi) is 6.27. The second-order valence-corrected chi connectivity index (χ2v) is 5.16. The van der Waals surface area contributed by atoms with Gasteiger partial charge in [-0.1, -0.05) is 13.3 Å². The van der Waals surface area contributed by atoms with Crippen molar-refractivity contribution in [3.8, 4) is 0 Å². The van der Waals surface area contributed by atoms with Crippen LogP contribution in [0.3, 0.4) is 0 Å². The molecule has 2 amide bonds. The summed E-state index contributed by atoms with van der Waals surface area (Å²) >= 11 is 1.55. The molecule has 0 aromatic carbocycles. The molecule has 1 rings (SSSR count). The van der Waals surface area contributed by atoms with Gasteiger partial charge in [0.2, 0.25) is 0 Å². The molecule has 19 heavy (non-hydrogen) atoms. The van der Waals surface area contributed by atoms with Crippen LogP contribution in [0.2, 0.25) is 0 Å². The summed E-state index contributed by atoms with van der Waals surface area (Å²) in [7, 11) is 0. The van der Waals surface area contributed by atoms with Crippen LogP contribution in [0.4, 0.5) is 4.79 Å². The highest BCUT2D eigenvalue weighted by Crippen LogP contribution is 2.08. The van der Waals surface area contributed by atoms with Crippen LogP contribution >= 0.6 is 11.3 Å². The van der Waals surface area contributed by atoms with Crippen molar-refractivity contribution < 1.29 is 14.7 Å². The minimum atomic E-state index is -1.01. The Hall–Kier alpha value is -1.63. The van der Waals surface area contributed by atoms with Gasteiger partial charge in [0.1, 0.15) is 6.04 Å². The molecule has 0 spiro atoms. The number of aromatic nitrogens is 1. The second-order valence-electron chi connectivity index (χ2n) is 4.21. The Balaban J connectivity index is 2.28. The summed E-state index contributed by atoms with van der Waals surface area (Å²) in [5.74, 6) is -1.01. The van der Waals surface area contributed by atoms with Crippen molar-refractivity contribution in [2.75, 3.05) is 6.54 Å². The number of carbonyl (C=O) groups excluding carboxylic acids is 1. The average Bonchev–Trinajstić information content (AvgIpc) is 2.74. The number of nitrogens with one attached hydrogen (secondary N) is 2. The molecule has 7 heteroatoms. The van der Waals surface area contributed by atoms with Crippen LogP contribution in [0.1, 0.15) is 30.5 Å². The van der Waals surface area contributed by atoms with Gasteiger partial charge in [0, 0.05) is 24.0 Å². The Labute approximate surface area is 116 Å². The van der Waals surface area contributed by atoms with Crippen LogP contribution < -0.4 is 10.6 Å². The standard InChI is InChI=1S/C12H19N3O3S/c1-3-4-9(11(16)17)15-12(18)13-6-5-10-14-8(2)7-19-10/h7,9H,3-6H2,1-2H3,(H,16,17)(H2,13,15,18)/t9-/m1/s1. The van der Waals surface area contributed by atoms with Gasteiger partial charge in [0.05, 0.1) is 5.01 Å². The molecule has 0 aliphatic heterocycles. The van der Waals surface area contributed by atoms with E-state index in [0.29, 0.717) is 25.8 Å². The van der Waals surface area contributed by atoms with E-state index in [1.165, 1.54) is 0 Å². The van der Waals surface area contributed by atoms with Gasteiger partial charge in [0.15, 0.2) is 0 Å². The van der Waals surface area contributed by atoms with Crippen molar-refractivity contribution in [2.24, 2.45) is 0 Å². The van der Waals surface area contributed by atoms with Gasteiger partial charge < -0.3 is 15.7 Å². The number of carboxylic acid groups (broad SMARTS) is 1. The van der Waals surface area contributed by atoms with E-state index in [4.69, 9.17) is 5.11 Å². The molecule has 0 radical (unpaired) electrons. The summed E-state index contributed by atoms with van der Waals surface area (Å²) in [6, 6.07) is -1.28. The lowest BCUT2D eigenvalue weighted by Crippen LogP contribution is -2.46. The molecule has 0 unspecified atom stereocenters. The molecule has 0 saturated heterocycles. The van der Waals surface area contributed by atoms with Gasteiger partial charge in [-0.2, -0.15) is 0 Å². The highest BCUT2D eigenvalue weighted by molar-refractivity contribution is 7.09. The van der Waals surface area contributed by atoms with E-state index in [1.54, 1.807) is 11.3 Å². The number of thiazole rings is 1. The molecule has 0 fully saturated rings. The largest absolute Gasteiger partial charge is 0.480 e. The monoisotopic (exact) mass is 285 g/mol. The van der Waals surface area contributed by atoms with Crippen LogP contribution in [0.15, 0.2) is 5.38 Å². The molecule has 0 saturated carbocycles. The fraction of sp³-hybridized carbons (Fsp3) is 0.583. The molecular weight excluding hydrogens is 266 g/mol. The molecule has 1 aromatic heterocycles. The molecule has 0 bridgehead atoms. The number of nitrogens with zero attached hydrogens (tertiary/aromatic N) is 1. The number of amides is 2. The Morgan fingerprint density at radius 3 is 2.79 bits per heavy atom. The van der Waals surface area contributed by atoms with E-state index in [-0.39, 0.29) is 0 Å². The number of urea groups is 1. The van der Waals surface area contributed by atoms with E-state index in [9.17, 15) is 9.59 Å². The zero-order valence-corrected chi connectivity index (χ0v) is 11.9. The third-order valence-corrected chi connectivity index (χ3v) is 3.50. The minimum Gasteiger partial charge on any atom is -0.480 e. The van der Waals surface area contributed by atoms with Crippen LogP contribution in [-0.2, 0) is 11.2 Å². The lowest BCUT2D eigenvalue weighted by atomic mass is 10.2. The molecule has 1 atom stereocenters. The first-order valence-corrected chi connectivity index (χ1v) is 7.09. The van der Waals surface area contributed by atoms with E-state index >= 15 is 0 Å². The van der Waals surface area contributed by atoms with Crippen molar-refractivity contribution in [3.63, 3.8) is 0 Å². The summed E-state index contributed by atoms with van der Waals surface area (Å²) in [6.07, 6.45) is 1.78. The summed E-state index contributed by atoms with van der Waals surface area (Å²) in [4.78, 5) is 26.7. The number of aryl methyl sites for hydroxylation is 1. The number of rotatable bonds is 7. The molecule has 6 nitrogen and oxygen atoms in total. The first-order valence-electron chi connectivity index (χ1n) is 6.21. The normalized spacial score (nSPS) is 11.9. The maximum absolute atomic E-state index is 11.5. The van der Waals surface area contributed by atoms with Gasteiger partial charge in [-0.05, 0) is 13.3 Å². The Bertz CT molecular complexity index is 434. The summed E-state index contributed by atoms with van der Waals surface area (Å²) in [5, 5.41) is 16.9. The number of carboxylic acids is 1. The lowest BCUT2D eigenvalue weighted by Gasteiger charge is -2.13. The fourth-order valence-electron chi connectivity index (χ4n) is 1.56. The zero-order valence-electron chi connectivity index (χ0n) is 11.1. The topological polar surface area (TPSA) is 91.3 Å². The van der Waals surface area contributed by atoms with Crippen molar-refractivity contribution in [3.05, 3.63) is 16.1 Å². The zero-order chi connectivity index (χ0) is 14.3. The van der Waals surface area contributed by atoms with Gasteiger partial charge in [-0.25, -0.2) is 14.6 Å². The van der Waals surface area contributed by atoms with Gasteiger partial charge in [-0.3, -0.25) is 0 Å². The van der Waals surface area contributed by atoms with Crippen LogP contribution in [0.25, 0.3) is 0 Å². The molecule has 1 aromatic rings. The highest BCUT2D eigenvalue weighted by atomic mass is 32.1. The molecule has 0 aliphatic rings. The van der Waals surface area contributed by atoms with Crippen molar-refractivity contribution >= 4 is 23.3 Å². The Morgan fingerprint density at radius 1 is 1.53 bits per heavy atom. The summed E-state index contributed by atoms with van der Waals surface area (Å²) in [6.45, 7) is 4.24. The SMILES string of the molecule is CCC[C@@H](NC(=O)NCCc1nc(C)cs1)C(=O)O. The average molecular weight is 285 g/mol. The van der Waals surface area contributed by atoms with Gasteiger partial charge in [-0.15, -0.1) is 11.3 Å². The summed E-state index contributed by atoms with van der Waals surface area (Å²) in [5.41, 5.74) is 0.971. The number of aliphatic carboxylic acids is 1. The first-order chi connectivity index (χ1) is 9.02. The Morgan fingerprint density at radius 2 is 2.26 bits per heavy atom. The minimum absolute atomic E-state index is 0.425. The predicted octanol–water partition coefficient (Wildman–Crippen LogP) is 1.55. The van der Waals surface area contributed by atoms with Crippen molar-refractivity contribution in [2.45, 2.75) is 39.2 Å². The van der Waals surface area contributed by atoms with E-state index in [2.05, 4.69) is 15.6 Å². The molecule has 0 aliphatic carbocycles. The number of hydrogen-bond donors (Lipinski definition) is 3. The summed E-state index contributed by atoms with van der Waals surface area (Å²) < 4.78 is 0. The highest BCUT2D eigenvalue weighted by Gasteiger charge is 2.18. The van der Waals surface area contributed by atoms with E-state index < -0.39 is 18.0 Å². The first kappa shape index (κ1) is 15.4. The number of carbonyl (C=O) groups is 2. The molecule has 1 heterocycles. The third kappa shape index (κ3) is 5.69. The maximum atomic E-state index is 11.5. The van der Waals surface area contributed by atoms with Crippen molar-refractivity contribution in [1.29, 1.82) is 0 Å². The maximum Gasteiger partial charge on any atom is 0.326 e. The second kappa shape index (κ2) is 7.73. The quantitative estimate of drug-likeness (QED) is 0.708. The van der Waals surface area contributed by atoms with Crippen LogP contribution in [0, 0.1) is 6.92 Å². The van der Waals surface area contributed by atoms with Crippen LogP contribution in [-0.4, -0.2) is 34.7 Å². The molecule has 106 valence electrons. The van der Waals surface area contributed by atoms with Crippen LogP contribution in [0.5, 0.6) is 0 Å². The van der Waals surface area contributed by atoms with Crippen molar-refractivity contribution in [1.82, 2.24) is 15.6 Å². The number of hydrogen-bond acceptors (Lipinski definition) is 4. The fourth-order valence-corrected chi connectivity index (χ4v) is 2.33. The van der Waals surface area contributed by atoms with Gasteiger partial charge >= 0.3 is 12.0 Å².